The van der Waals surface area contributed by atoms with Crippen LogP contribution in [0.2, 0.25) is 0 Å². The summed E-state index contributed by atoms with van der Waals surface area (Å²) in [5, 5.41) is 12.0. The molecule has 0 saturated heterocycles. The maximum Gasteiger partial charge on any atom is 0.356 e. The van der Waals surface area contributed by atoms with Crippen molar-refractivity contribution in [2.75, 3.05) is 5.32 Å². The van der Waals surface area contributed by atoms with Crippen LogP contribution in [0.5, 0.6) is 0 Å². The van der Waals surface area contributed by atoms with E-state index in [1.54, 1.807) is 6.20 Å². The fraction of sp³-hybridized carbons (Fsp3) is 0.545. The highest BCUT2D eigenvalue weighted by Crippen LogP contribution is 2.26. The summed E-state index contributed by atoms with van der Waals surface area (Å²) in [7, 11) is 0. The zero-order valence-corrected chi connectivity index (χ0v) is 9.18. The molecule has 5 heteroatoms. The first-order valence-corrected chi connectivity index (χ1v) is 5.47. The van der Waals surface area contributed by atoms with Gasteiger partial charge >= 0.3 is 5.97 Å². The number of aromatic carboxylic acids is 1. The average Bonchev–Trinajstić information content (AvgIpc) is 2.64. The van der Waals surface area contributed by atoms with Crippen molar-refractivity contribution in [3.05, 3.63) is 18.1 Å². The lowest BCUT2D eigenvalue weighted by Gasteiger charge is -2.12. The number of nitrogens with one attached hydrogen (secondary N) is 1. The Bertz CT molecular complexity index is 395. The minimum absolute atomic E-state index is 0.0176. The summed E-state index contributed by atoms with van der Waals surface area (Å²) in [5.74, 6) is 0.239. The summed E-state index contributed by atoms with van der Waals surface area (Å²) in [6.07, 6.45) is 6.25. The molecule has 5 nitrogen and oxygen atoms in total. The molecule has 1 aromatic heterocycles. The number of carbonyl (C=O) groups is 1. The first-order valence-electron chi connectivity index (χ1n) is 5.47. The van der Waals surface area contributed by atoms with Crippen molar-refractivity contribution in [1.82, 2.24) is 9.97 Å². The second kappa shape index (κ2) is 4.47. The van der Waals surface area contributed by atoms with Crippen LogP contribution in [0, 0.1) is 5.92 Å². The summed E-state index contributed by atoms with van der Waals surface area (Å²) < 4.78 is 0. The largest absolute Gasteiger partial charge is 0.476 e. The van der Waals surface area contributed by atoms with Crippen LogP contribution in [0.3, 0.4) is 0 Å². The van der Waals surface area contributed by atoms with Crippen LogP contribution in [0.15, 0.2) is 12.4 Å². The van der Waals surface area contributed by atoms with E-state index in [0.29, 0.717) is 11.9 Å². The number of carboxylic acid groups (broad SMARTS) is 1. The number of nitrogens with zero attached hydrogens (tertiary/aromatic N) is 2. The van der Waals surface area contributed by atoms with Gasteiger partial charge in [-0.1, -0.05) is 6.92 Å². The Balaban J connectivity index is 2.04. The van der Waals surface area contributed by atoms with Gasteiger partial charge in [-0.25, -0.2) is 9.78 Å². The average molecular weight is 221 g/mol. The second-order valence-corrected chi connectivity index (χ2v) is 4.35. The van der Waals surface area contributed by atoms with Crippen LogP contribution >= 0.6 is 0 Å². The molecule has 2 N–H and O–H groups in total. The number of hydrogen-bond donors (Lipinski definition) is 2. The molecule has 0 aliphatic heterocycles. The zero-order chi connectivity index (χ0) is 11.5. The molecule has 1 fully saturated rings. The van der Waals surface area contributed by atoms with E-state index in [9.17, 15) is 4.79 Å². The molecular weight excluding hydrogens is 206 g/mol. The van der Waals surface area contributed by atoms with E-state index in [-0.39, 0.29) is 5.69 Å². The SMILES string of the molecule is CC1CCC(Nc2cncc(C(=O)O)n2)C1. The molecule has 2 rings (SSSR count). The van der Waals surface area contributed by atoms with Gasteiger partial charge in [-0.15, -0.1) is 0 Å². The molecule has 0 aromatic carbocycles. The maximum atomic E-state index is 10.7. The number of anilines is 1. The topological polar surface area (TPSA) is 75.1 Å². The highest BCUT2D eigenvalue weighted by Gasteiger charge is 2.21. The fourth-order valence-electron chi connectivity index (χ4n) is 2.09. The molecule has 0 radical (unpaired) electrons. The smallest absolute Gasteiger partial charge is 0.356 e. The normalized spacial score (nSPS) is 24.3. The van der Waals surface area contributed by atoms with Crippen LogP contribution in [0.25, 0.3) is 0 Å². The van der Waals surface area contributed by atoms with Gasteiger partial charge in [0.1, 0.15) is 5.82 Å². The molecule has 16 heavy (non-hydrogen) atoms. The lowest BCUT2D eigenvalue weighted by Crippen LogP contribution is -2.17. The van der Waals surface area contributed by atoms with E-state index >= 15 is 0 Å². The third-order valence-electron chi connectivity index (χ3n) is 2.90. The lowest BCUT2D eigenvalue weighted by atomic mass is 10.1. The van der Waals surface area contributed by atoms with Gasteiger partial charge in [0.2, 0.25) is 0 Å². The second-order valence-electron chi connectivity index (χ2n) is 4.35. The Hall–Kier alpha value is -1.65. The standard InChI is InChI=1S/C11H15N3O2/c1-7-2-3-8(4-7)13-10-6-12-5-9(14-10)11(15)16/h5-8H,2-4H2,1H3,(H,13,14)(H,15,16). The molecule has 1 aliphatic rings. The summed E-state index contributed by atoms with van der Waals surface area (Å²) >= 11 is 0. The Kier molecular flexibility index (Phi) is 3.03. The van der Waals surface area contributed by atoms with Gasteiger partial charge in [0.15, 0.2) is 5.69 Å². The Morgan fingerprint density at radius 2 is 2.31 bits per heavy atom. The molecule has 0 amide bonds. The molecule has 1 aliphatic carbocycles. The molecular formula is C11H15N3O2. The Morgan fingerprint density at radius 1 is 1.50 bits per heavy atom. The highest BCUT2D eigenvalue weighted by atomic mass is 16.4. The van der Waals surface area contributed by atoms with Gasteiger partial charge in [0.05, 0.1) is 12.4 Å². The lowest BCUT2D eigenvalue weighted by molar-refractivity contribution is 0.0690. The quantitative estimate of drug-likeness (QED) is 0.813. The number of rotatable bonds is 3. The Labute approximate surface area is 93.9 Å². The van der Waals surface area contributed by atoms with Crippen molar-refractivity contribution in [3.63, 3.8) is 0 Å². The summed E-state index contributed by atoms with van der Waals surface area (Å²) in [6.45, 7) is 2.22. The van der Waals surface area contributed by atoms with Gasteiger partial charge in [0.25, 0.3) is 0 Å². The van der Waals surface area contributed by atoms with Crippen LogP contribution in [-0.4, -0.2) is 27.1 Å². The van der Waals surface area contributed by atoms with Crippen LogP contribution in [-0.2, 0) is 0 Å². The molecule has 1 aromatic rings. The molecule has 86 valence electrons. The fourth-order valence-corrected chi connectivity index (χ4v) is 2.09. The number of carboxylic acids is 1. The first kappa shape index (κ1) is 10.9. The highest BCUT2D eigenvalue weighted by molar-refractivity contribution is 5.85. The van der Waals surface area contributed by atoms with Crippen LogP contribution in [0.4, 0.5) is 5.82 Å². The van der Waals surface area contributed by atoms with Gasteiger partial charge < -0.3 is 10.4 Å². The van der Waals surface area contributed by atoms with Crippen molar-refractivity contribution in [1.29, 1.82) is 0 Å². The summed E-state index contributed by atoms with van der Waals surface area (Å²) in [6, 6.07) is 0.397. The van der Waals surface area contributed by atoms with Crippen molar-refractivity contribution in [3.8, 4) is 0 Å². The van der Waals surface area contributed by atoms with Gasteiger partial charge in [-0.2, -0.15) is 0 Å². The van der Waals surface area contributed by atoms with Gasteiger partial charge in [-0.05, 0) is 25.2 Å². The molecule has 2 unspecified atom stereocenters. The van der Waals surface area contributed by atoms with E-state index in [1.807, 2.05) is 0 Å². The van der Waals surface area contributed by atoms with E-state index in [2.05, 4.69) is 22.2 Å². The van der Waals surface area contributed by atoms with Crippen molar-refractivity contribution in [2.45, 2.75) is 32.2 Å². The third kappa shape index (κ3) is 2.48. The predicted octanol–water partition coefficient (Wildman–Crippen LogP) is 1.78. The predicted molar refractivity (Wildman–Crippen MR) is 59.4 cm³/mol. The monoisotopic (exact) mass is 221 g/mol. The molecule has 0 spiro atoms. The molecule has 0 bridgehead atoms. The van der Waals surface area contributed by atoms with Crippen molar-refractivity contribution >= 4 is 11.8 Å². The minimum atomic E-state index is -1.05. The maximum absolute atomic E-state index is 10.7. The van der Waals surface area contributed by atoms with Crippen LogP contribution in [0.1, 0.15) is 36.7 Å². The zero-order valence-electron chi connectivity index (χ0n) is 9.18. The van der Waals surface area contributed by atoms with Gasteiger partial charge in [-0.3, -0.25) is 4.98 Å². The minimum Gasteiger partial charge on any atom is -0.476 e. The summed E-state index contributed by atoms with van der Waals surface area (Å²) in [5.41, 5.74) is -0.0176. The van der Waals surface area contributed by atoms with E-state index in [1.165, 1.54) is 12.6 Å². The number of hydrogen-bond acceptors (Lipinski definition) is 4. The molecule has 1 saturated carbocycles. The number of aromatic nitrogens is 2. The van der Waals surface area contributed by atoms with E-state index < -0.39 is 5.97 Å². The van der Waals surface area contributed by atoms with E-state index in [4.69, 9.17) is 5.11 Å². The third-order valence-corrected chi connectivity index (χ3v) is 2.90. The Morgan fingerprint density at radius 3 is 2.94 bits per heavy atom. The molecule has 1 heterocycles. The first-order chi connectivity index (χ1) is 7.65. The van der Waals surface area contributed by atoms with Crippen molar-refractivity contribution < 1.29 is 9.90 Å². The van der Waals surface area contributed by atoms with Crippen LogP contribution < -0.4 is 5.32 Å². The van der Waals surface area contributed by atoms with Gasteiger partial charge in [0, 0.05) is 6.04 Å². The van der Waals surface area contributed by atoms with Crippen molar-refractivity contribution in [2.24, 2.45) is 5.92 Å². The van der Waals surface area contributed by atoms with E-state index in [0.717, 1.165) is 18.8 Å². The molecule has 2 atom stereocenters. The summed E-state index contributed by atoms with van der Waals surface area (Å²) in [4.78, 5) is 18.6.